The first-order valence-electron chi connectivity index (χ1n) is 7.74. The molecule has 5 nitrogen and oxygen atoms in total. The second kappa shape index (κ2) is 7.46. The molecule has 3 aromatic rings. The van der Waals surface area contributed by atoms with Crippen molar-refractivity contribution in [3.63, 3.8) is 0 Å². The van der Waals surface area contributed by atoms with Gasteiger partial charge in [-0.2, -0.15) is 5.10 Å². The van der Waals surface area contributed by atoms with Gasteiger partial charge in [-0.05, 0) is 12.1 Å². The predicted octanol–water partition coefficient (Wildman–Crippen LogP) is 3.23. The molecule has 0 bridgehead atoms. The maximum Gasteiger partial charge on any atom is 0.165 e. The SMILES string of the molecule is CN(C)/N=C(/c1ccccc1COc1ccccc1)n1ccnc1. The molecule has 5 heteroatoms. The van der Waals surface area contributed by atoms with Gasteiger partial charge in [-0.25, -0.2) is 4.98 Å². The van der Waals surface area contributed by atoms with Crippen LogP contribution in [0.4, 0.5) is 0 Å². The Morgan fingerprint density at radius 2 is 1.83 bits per heavy atom. The standard InChI is InChI=1S/C19H20N4O/c1-22(2)21-19(23-13-12-20-15-23)18-11-7-6-8-16(18)14-24-17-9-4-3-5-10-17/h3-13,15H,14H2,1-2H3/b21-19-. The van der Waals surface area contributed by atoms with Gasteiger partial charge in [0.25, 0.3) is 0 Å². The van der Waals surface area contributed by atoms with Crippen LogP contribution in [-0.4, -0.2) is 34.5 Å². The van der Waals surface area contributed by atoms with E-state index >= 15 is 0 Å². The third kappa shape index (κ3) is 3.81. The number of nitrogens with zero attached hydrogens (tertiary/aromatic N) is 4. The van der Waals surface area contributed by atoms with Crippen molar-refractivity contribution < 1.29 is 4.74 Å². The van der Waals surface area contributed by atoms with E-state index in [4.69, 9.17) is 4.74 Å². The van der Waals surface area contributed by atoms with Crippen LogP contribution in [0, 0.1) is 0 Å². The maximum absolute atomic E-state index is 5.91. The molecule has 0 fully saturated rings. The minimum atomic E-state index is 0.474. The van der Waals surface area contributed by atoms with Gasteiger partial charge in [0, 0.05) is 37.6 Å². The Balaban J connectivity index is 1.92. The van der Waals surface area contributed by atoms with Crippen LogP contribution in [-0.2, 0) is 6.61 Å². The first-order chi connectivity index (χ1) is 11.7. The minimum Gasteiger partial charge on any atom is -0.489 e. The van der Waals surface area contributed by atoms with Crippen LogP contribution in [0.3, 0.4) is 0 Å². The quantitative estimate of drug-likeness (QED) is 0.412. The number of para-hydroxylation sites is 1. The summed E-state index contributed by atoms with van der Waals surface area (Å²) in [4.78, 5) is 4.13. The zero-order chi connectivity index (χ0) is 16.8. The Labute approximate surface area is 141 Å². The number of rotatable bonds is 5. The molecule has 0 spiro atoms. The highest BCUT2D eigenvalue weighted by molar-refractivity contribution is 6.01. The fraction of sp³-hybridized carbons (Fsp3) is 0.158. The number of imidazole rings is 1. The topological polar surface area (TPSA) is 42.6 Å². The Kier molecular flexibility index (Phi) is 4.91. The highest BCUT2D eigenvalue weighted by Gasteiger charge is 2.12. The van der Waals surface area contributed by atoms with Crippen molar-refractivity contribution in [1.29, 1.82) is 0 Å². The molecule has 2 aromatic carbocycles. The summed E-state index contributed by atoms with van der Waals surface area (Å²) in [6.45, 7) is 0.474. The van der Waals surface area contributed by atoms with Crippen molar-refractivity contribution in [1.82, 2.24) is 14.6 Å². The summed E-state index contributed by atoms with van der Waals surface area (Å²) < 4.78 is 7.82. The van der Waals surface area contributed by atoms with Gasteiger partial charge >= 0.3 is 0 Å². The Bertz CT molecular complexity index is 795. The largest absolute Gasteiger partial charge is 0.489 e. The highest BCUT2D eigenvalue weighted by Crippen LogP contribution is 2.16. The van der Waals surface area contributed by atoms with Crippen molar-refractivity contribution >= 4 is 5.84 Å². The summed E-state index contributed by atoms with van der Waals surface area (Å²) in [5.41, 5.74) is 2.08. The summed E-state index contributed by atoms with van der Waals surface area (Å²) >= 11 is 0. The second-order valence-electron chi connectivity index (χ2n) is 5.50. The van der Waals surface area contributed by atoms with Crippen LogP contribution < -0.4 is 4.74 Å². The molecule has 0 aliphatic heterocycles. The van der Waals surface area contributed by atoms with Crippen molar-refractivity contribution in [2.75, 3.05) is 14.1 Å². The molecule has 0 aliphatic rings. The van der Waals surface area contributed by atoms with Gasteiger partial charge in [-0.3, -0.25) is 4.57 Å². The normalized spacial score (nSPS) is 11.3. The van der Waals surface area contributed by atoms with Crippen LogP contribution in [0.15, 0.2) is 78.4 Å². The maximum atomic E-state index is 5.91. The third-order valence-electron chi connectivity index (χ3n) is 3.44. The minimum absolute atomic E-state index is 0.474. The molecule has 0 aliphatic carbocycles. The average Bonchev–Trinajstić information content (AvgIpc) is 3.13. The number of hydrazone groups is 1. The van der Waals surface area contributed by atoms with Crippen LogP contribution in [0.5, 0.6) is 5.75 Å². The molecule has 122 valence electrons. The fourth-order valence-corrected chi connectivity index (χ4v) is 2.36. The molecule has 0 N–H and O–H groups in total. The first-order valence-corrected chi connectivity index (χ1v) is 7.74. The van der Waals surface area contributed by atoms with E-state index in [0.717, 1.165) is 22.7 Å². The monoisotopic (exact) mass is 320 g/mol. The molecule has 0 amide bonds. The van der Waals surface area contributed by atoms with Crippen molar-refractivity contribution in [3.05, 3.63) is 84.4 Å². The molecule has 24 heavy (non-hydrogen) atoms. The van der Waals surface area contributed by atoms with Crippen LogP contribution in [0.1, 0.15) is 11.1 Å². The zero-order valence-electron chi connectivity index (χ0n) is 13.8. The second-order valence-corrected chi connectivity index (χ2v) is 5.50. The number of aromatic nitrogens is 2. The molecule has 1 heterocycles. The lowest BCUT2D eigenvalue weighted by Crippen LogP contribution is -2.19. The molecule has 1 aromatic heterocycles. The Morgan fingerprint density at radius 1 is 1.08 bits per heavy atom. The van der Waals surface area contributed by atoms with E-state index in [9.17, 15) is 0 Å². The summed E-state index contributed by atoms with van der Waals surface area (Å²) in [7, 11) is 3.81. The van der Waals surface area contributed by atoms with Gasteiger partial charge in [0.2, 0.25) is 0 Å². The van der Waals surface area contributed by atoms with Crippen molar-refractivity contribution in [2.24, 2.45) is 5.10 Å². The Hall–Kier alpha value is -3.08. The van der Waals surface area contributed by atoms with Gasteiger partial charge in [0.15, 0.2) is 5.84 Å². The molecular formula is C19H20N4O. The van der Waals surface area contributed by atoms with E-state index in [1.165, 1.54) is 0 Å². The van der Waals surface area contributed by atoms with Crippen molar-refractivity contribution in [2.45, 2.75) is 6.61 Å². The van der Waals surface area contributed by atoms with E-state index in [2.05, 4.69) is 16.2 Å². The number of hydrogen-bond acceptors (Lipinski definition) is 4. The summed E-state index contributed by atoms with van der Waals surface area (Å²) in [5.74, 6) is 1.66. The lowest BCUT2D eigenvalue weighted by Gasteiger charge is -2.15. The van der Waals surface area contributed by atoms with Crippen LogP contribution >= 0.6 is 0 Å². The predicted molar refractivity (Wildman–Crippen MR) is 95.1 cm³/mol. The molecule has 0 saturated heterocycles. The zero-order valence-corrected chi connectivity index (χ0v) is 13.8. The van der Waals surface area contributed by atoms with Crippen LogP contribution in [0.2, 0.25) is 0 Å². The average molecular weight is 320 g/mol. The summed E-state index contributed by atoms with van der Waals surface area (Å²) in [5, 5.41) is 6.40. The fourth-order valence-electron chi connectivity index (χ4n) is 2.36. The molecule has 0 saturated carbocycles. The number of benzene rings is 2. The van der Waals surface area contributed by atoms with E-state index in [1.54, 1.807) is 17.5 Å². The van der Waals surface area contributed by atoms with Gasteiger partial charge in [0.1, 0.15) is 18.7 Å². The lowest BCUT2D eigenvalue weighted by atomic mass is 10.1. The molecule has 0 atom stereocenters. The van der Waals surface area contributed by atoms with Crippen LogP contribution in [0.25, 0.3) is 0 Å². The smallest absolute Gasteiger partial charge is 0.165 e. The summed E-state index contributed by atoms with van der Waals surface area (Å²) in [6, 6.07) is 17.9. The van der Waals surface area contributed by atoms with E-state index in [-0.39, 0.29) is 0 Å². The lowest BCUT2D eigenvalue weighted by molar-refractivity contribution is 0.306. The van der Waals surface area contributed by atoms with Crippen molar-refractivity contribution in [3.8, 4) is 5.75 Å². The molecule has 3 rings (SSSR count). The number of ether oxygens (including phenoxy) is 1. The number of hydrogen-bond donors (Lipinski definition) is 0. The molecular weight excluding hydrogens is 300 g/mol. The van der Waals surface area contributed by atoms with Gasteiger partial charge in [-0.1, -0.05) is 42.5 Å². The van der Waals surface area contributed by atoms with Gasteiger partial charge in [-0.15, -0.1) is 0 Å². The Morgan fingerprint density at radius 3 is 2.54 bits per heavy atom. The summed E-state index contributed by atoms with van der Waals surface area (Å²) in [6.07, 6.45) is 5.38. The van der Waals surface area contributed by atoms with E-state index in [0.29, 0.717) is 6.61 Å². The highest BCUT2D eigenvalue weighted by atomic mass is 16.5. The van der Waals surface area contributed by atoms with E-state index < -0.39 is 0 Å². The van der Waals surface area contributed by atoms with Gasteiger partial charge in [0.05, 0.1) is 0 Å². The molecule has 0 unspecified atom stereocenters. The third-order valence-corrected chi connectivity index (χ3v) is 3.44. The molecule has 0 radical (unpaired) electrons. The van der Waals surface area contributed by atoms with E-state index in [1.807, 2.05) is 73.4 Å². The first kappa shape index (κ1) is 15.8. The van der Waals surface area contributed by atoms with Gasteiger partial charge < -0.3 is 9.75 Å².